The lowest BCUT2D eigenvalue weighted by atomic mass is 10.2. The van der Waals surface area contributed by atoms with Crippen molar-refractivity contribution in [2.75, 3.05) is 39.2 Å². The molecule has 1 aliphatic rings. The zero-order chi connectivity index (χ0) is 16.1. The van der Waals surface area contributed by atoms with Crippen molar-refractivity contribution in [3.8, 4) is 11.5 Å². The first-order chi connectivity index (χ1) is 10.5. The highest BCUT2D eigenvalue weighted by Crippen LogP contribution is 2.28. The van der Waals surface area contributed by atoms with Crippen LogP contribution in [0.3, 0.4) is 0 Å². The maximum absolute atomic E-state index is 12.3. The largest absolute Gasteiger partial charge is 0.497 e. The highest BCUT2D eigenvalue weighted by molar-refractivity contribution is 5.93. The summed E-state index contributed by atoms with van der Waals surface area (Å²) in [4.78, 5) is 13.5. The molecule has 0 radical (unpaired) electrons. The molecule has 2 rings (SSSR count). The highest BCUT2D eigenvalue weighted by atomic mass is 16.5. The van der Waals surface area contributed by atoms with E-state index in [-0.39, 0.29) is 18.1 Å². The van der Waals surface area contributed by atoms with Crippen LogP contribution in [0.15, 0.2) is 18.2 Å². The Labute approximate surface area is 131 Å². The van der Waals surface area contributed by atoms with Crippen LogP contribution in [0.5, 0.6) is 11.5 Å². The molecule has 1 aromatic rings. The quantitative estimate of drug-likeness (QED) is 0.823. The van der Waals surface area contributed by atoms with Gasteiger partial charge in [-0.3, -0.25) is 4.79 Å². The predicted octanol–water partition coefficient (Wildman–Crippen LogP) is 0.334. The summed E-state index contributed by atoms with van der Waals surface area (Å²) in [7, 11) is 3.17. The van der Waals surface area contributed by atoms with Crippen molar-refractivity contribution >= 4 is 11.6 Å². The summed E-state index contributed by atoms with van der Waals surface area (Å²) in [6, 6.07) is 5.34. The van der Waals surface area contributed by atoms with Gasteiger partial charge in [-0.2, -0.15) is 0 Å². The Balaban J connectivity index is 1.99. The van der Waals surface area contributed by atoms with Gasteiger partial charge in [-0.05, 0) is 26.0 Å². The normalized spacial score (nSPS) is 24.6. The molecule has 1 aliphatic heterocycles. The first-order valence-electron chi connectivity index (χ1n) is 7.52. The number of morpholine rings is 1. The first kappa shape index (κ1) is 16.6. The second-order valence-corrected chi connectivity index (χ2v) is 5.71. The van der Waals surface area contributed by atoms with E-state index in [0.29, 0.717) is 23.7 Å². The number of amides is 1. The molecule has 1 saturated heterocycles. The number of nitrogens with one attached hydrogen (secondary N) is 2. The molecular weight excluding hydrogens is 284 g/mol. The Morgan fingerprint density at radius 3 is 2.55 bits per heavy atom. The number of quaternary nitrogens is 1. The van der Waals surface area contributed by atoms with Gasteiger partial charge in [0.05, 0.1) is 19.9 Å². The van der Waals surface area contributed by atoms with Gasteiger partial charge in [0.2, 0.25) is 0 Å². The van der Waals surface area contributed by atoms with Crippen LogP contribution in [0.4, 0.5) is 5.69 Å². The van der Waals surface area contributed by atoms with Crippen LogP contribution in [0.1, 0.15) is 13.8 Å². The maximum atomic E-state index is 12.3. The van der Waals surface area contributed by atoms with Gasteiger partial charge in [0.1, 0.15) is 36.8 Å². The summed E-state index contributed by atoms with van der Waals surface area (Å²) in [6.07, 6.45) is 0.357. The Morgan fingerprint density at radius 1 is 1.27 bits per heavy atom. The fourth-order valence-electron chi connectivity index (χ4n) is 2.87. The Morgan fingerprint density at radius 2 is 1.95 bits per heavy atom. The third-order valence-electron chi connectivity index (χ3n) is 3.71. The average Bonchev–Trinajstić information content (AvgIpc) is 2.45. The zero-order valence-electron chi connectivity index (χ0n) is 13.6. The number of benzene rings is 1. The van der Waals surface area contributed by atoms with Crippen LogP contribution >= 0.6 is 0 Å². The molecule has 1 unspecified atom stereocenters. The molecule has 1 amide bonds. The van der Waals surface area contributed by atoms with Crippen molar-refractivity contribution in [2.24, 2.45) is 0 Å². The summed E-state index contributed by atoms with van der Waals surface area (Å²) in [5.41, 5.74) is 0.626. The monoisotopic (exact) mass is 309 g/mol. The summed E-state index contributed by atoms with van der Waals surface area (Å²) >= 11 is 0. The number of ether oxygens (including phenoxy) is 3. The second-order valence-electron chi connectivity index (χ2n) is 5.71. The molecule has 1 aromatic carbocycles. The van der Waals surface area contributed by atoms with E-state index in [1.165, 1.54) is 4.90 Å². The minimum Gasteiger partial charge on any atom is -0.497 e. The number of carbonyl (C=O) groups is 1. The fraction of sp³-hybridized carbons (Fsp3) is 0.562. The van der Waals surface area contributed by atoms with E-state index in [1.807, 2.05) is 13.8 Å². The third-order valence-corrected chi connectivity index (χ3v) is 3.71. The van der Waals surface area contributed by atoms with Crippen LogP contribution in [0, 0.1) is 0 Å². The van der Waals surface area contributed by atoms with Gasteiger partial charge in [-0.15, -0.1) is 0 Å². The van der Waals surface area contributed by atoms with Crippen LogP contribution in [-0.4, -0.2) is 52.0 Å². The molecule has 0 bridgehead atoms. The number of hydrogen-bond donors (Lipinski definition) is 2. The SMILES string of the molecule is COc1ccc(OC)c(NC(=O)C[NH+]2C[C@@H](C)O[C@@H](C)C2)c1. The van der Waals surface area contributed by atoms with Gasteiger partial charge in [0.15, 0.2) is 6.54 Å². The minimum atomic E-state index is -0.0390. The molecule has 6 heteroatoms. The Kier molecular flexibility index (Phi) is 5.63. The standard InChI is InChI=1S/C16H24N2O4/c1-11-8-18(9-12(2)22-11)10-16(19)17-14-7-13(20-3)5-6-15(14)21-4/h5-7,11-12H,8-10H2,1-4H3,(H,17,19)/p+1/t11-,12+. The highest BCUT2D eigenvalue weighted by Gasteiger charge is 2.27. The molecule has 122 valence electrons. The Bertz CT molecular complexity index is 511. The molecule has 0 spiro atoms. The molecule has 3 atom stereocenters. The molecule has 0 aliphatic carbocycles. The molecule has 1 heterocycles. The van der Waals surface area contributed by atoms with E-state index >= 15 is 0 Å². The maximum Gasteiger partial charge on any atom is 0.279 e. The van der Waals surface area contributed by atoms with E-state index in [0.717, 1.165) is 13.1 Å². The summed E-state index contributed by atoms with van der Waals surface area (Å²) in [5.74, 6) is 1.26. The fourth-order valence-corrected chi connectivity index (χ4v) is 2.87. The number of methoxy groups -OCH3 is 2. The van der Waals surface area contributed by atoms with Crippen molar-refractivity contribution in [3.05, 3.63) is 18.2 Å². The van der Waals surface area contributed by atoms with Crippen LogP contribution < -0.4 is 19.7 Å². The summed E-state index contributed by atoms with van der Waals surface area (Å²) < 4.78 is 16.2. The first-order valence-corrected chi connectivity index (χ1v) is 7.52. The van der Waals surface area contributed by atoms with Gasteiger partial charge in [0.25, 0.3) is 5.91 Å². The second kappa shape index (κ2) is 7.47. The van der Waals surface area contributed by atoms with E-state index in [2.05, 4.69) is 5.32 Å². The third kappa shape index (κ3) is 4.35. The zero-order valence-corrected chi connectivity index (χ0v) is 13.6. The van der Waals surface area contributed by atoms with Crippen molar-refractivity contribution in [3.63, 3.8) is 0 Å². The lowest BCUT2D eigenvalue weighted by molar-refractivity contribution is -0.907. The number of anilines is 1. The van der Waals surface area contributed by atoms with Crippen LogP contribution in [-0.2, 0) is 9.53 Å². The van der Waals surface area contributed by atoms with Crippen molar-refractivity contribution < 1.29 is 23.9 Å². The minimum absolute atomic E-state index is 0.0390. The van der Waals surface area contributed by atoms with Gasteiger partial charge in [-0.1, -0.05) is 0 Å². The van der Waals surface area contributed by atoms with Gasteiger partial charge < -0.3 is 24.4 Å². The number of carbonyl (C=O) groups excluding carboxylic acids is 1. The number of hydrogen-bond acceptors (Lipinski definition) is 4. The lowest BCUT2D eigenvalue weighted by Gasteiger charge is -2.31. The Hall–Kier alpha value is -1.79. The predicted molar refractivity (Wildman–Crippen MR) is 83.7 cm³/mol. The van der Waals surface area contributed by atoms with E-state index in [1.54, 1.807) is 32.4 Å². The topological polar surface area (TPSA) is 61.2 Å². The van der Waals surface area contributed by atoms with Gasteiger partial charge in [0, 0.05) is 6.07 Å². The molecule has 2 N–H and O–H groups in total. The van der Waals surface area contributed by atoms with Crippen LogP contribution in [0.2, 0.25) is 0 Å². The molecule has 6 nitrogen and oxygen atoms in total. The summed E-state index contributed by atoms with van der Waals surface area (Å²) in [6.45, 7) is 6.18. The van der Waals surface area contributed by atoms with E-state index in [4.69, 9.17) is 14.2 Å². The van der Waals surface area contributed by atoms with E-state index < -0.39 is 0 Å². The molecule has 22 heavy (non-hydrogen) atoms. The number of rotatable bonds is 5. The summed E-state index contributed by atoms with van der Waals surface area (Å²) in [5, 5.41) is 2.91. The molecule has 0 aromatic heterocycles. The van der Waals surface area contributed by atoms with Crippen molar-refractivity contribution in [2.45, 2.75) is 26.1 Å². The molecular formula is C16H25N2O4+. The van der Waals surface area contributed by atoms with Crippen molar-refractivity contribution in [1.29, 1.82) is 0 Å². The molecule has 1 fully saturated rings. The van der Waals surface area contributed by atoms with Crippen molar-refractivity contribution in [1.82, 2.24) is 0 Å². The van der Waals surface area contributed by atoms with E-state index in [9.17, 15) is 4.79 Å². The lowest BCUT2D eigenvalue weighted by Crippen LogP contribution is -3.16. The van der Waals surface area contributed by atoms with Gasteiger partial charge in [-0.25, -0.2) is 0 Å². The van der Waals surface area contributed by atoms with Gasteiger partial charge >= 0.3 is 0 Å². The smallest absolute Gasteiger partial charge is 0.279 e. The molecule has 0 saturated carbocycles. The average molecular weight is 309 g/mol. The van der Waals surface area contributed by atoms with Crippen LogP contribution in [0.25, 0.3) is 0 Å².